The Morgan fingerprint density at radius 1 is 0.875 bits per heavy atom. The van der Waals surface area contributed by atoms with E-state index in [1.165, 1.54) is 0 Å². The molecule has 0 amide bonds. The standard InChI is InChI=1S/C12H12N2S2/c13-11-6-5-10(16)7-12(11)14-8-1-3-9(15)4-2-8/h1-7,14-16H,13H2. The Hall–Kier alpha value is -1.26. The van der Waals surface area contributed by atoms with Crippen LogP contribution in [-0.4, -0.2) is 0 Å². The molecule has 0 unspecified atom stereocenters. The minimum absolute atomic E-state index is 0.702. The van der Waals surface area contributed by atoms with Gasteiger partial charge in [0.25, 0.3) is 0 Å². The number of hydrogen-bond donors (Lipinski definition) is 4. The third-order valence-electron chi connectivity index (χ3n) is 2.18. The van der Waals surface area contributed by atoms with Crippen molar-refractivity contribution in [2.24, 2.45) is 0 Å². The average molecular weight is 248 g/mol. The quantitative estimate of drug-likeness (QED) is 0.484. The molecule has 0 saturated heterocycles. The van der Waals surface area contributed by atoms with Crippen LogP contribution < -0.4 is 11.1 Å². The lowest BCUT2D eigenvalue weighted by Gasteiger charge is -2.10. The number of benzene rings is 2. The van der Waals surface area contributed by atoms with Crippen LogP contribution in [-0.2, 0) is 0 Å². The third-order valence-corrected chi connectivity index (χ3v) is 2.76. The van der Waals surface area contributed by atoms with E-state index in [2.05, 4.69) is 30.6 Å². The van der Waals surface area contributed by atoms with Crippen molar-refractivity contribution in [2.45, 2.75) is 9.79 Å². The molecule has 0 heterocycles. The van der Waals surface area contributed by atoms with Crippen molar-refractivity contribution < 1.29 is 0 Å². The van der Waals surface area contributed by atoms with Crippen molar-refractivity contribution in [1.82, 2.24) is 0 Å². The predicted molar refractivity (Wildman–Crippen MR) is 75.1 cm³/mol. The molecule has 0 atom stereocenters. The Morgan fingerprint density at radius 2 is 1.50 bits per heavy atom. The van der Waals surface area contributed by atoms with Crippen molar-refractivity contribution >= 4 is 42.3 Å². The number of thiol groups is 2. The summed E-state index contributed by atoms with van der Waals surface area (Å²) >= 11 is 8.51. The van der Waals surface area contributed by atoms with Gasteiger partial charge in [-0.3, -0.25) is 0 Å². The highest BCUT2D eigenvalue weighted by molar-refractivity contribution is 7.80. The lowest BCUT2D eigenvalue weighted by atomic mass is 10.2. The van der Waals surface area contributed by atoms with Crippen LogP contribution in [0, 0.1) is 0 Å². The summed E-state index contributed by atoms with van der Waals surface area (Å²) in [6.45, 7) is 0. The van der Waals surface area contributed by atoms with Gasteiger partial charge in [-0.1, -0.05) is 0 Å². The minimum atomic E-state index is 0.702. The molecular formula is C12H12N2S2. The second kappa shape index (κ2) is 4.72. The molecule has 2 nitrogen and oxygen atoms in total. The highest BCUT2D eigenvalue weighted by Crippen LogP contribution is 2.26. The van der Waals surface area contributed by atoms with E-state index in [0.29, 0.717) is 5.69 Å². The van der Waals surface area contributed by atoms with Gasteiger partial charge in [0.05, 0.1) is 11.4 Å². The van der Waals surface area contributed by atoms with Crippen LogP contribution in [0.15, 0.2) is 52.3 Å². The summed E-state index contributed by atoms with van der Waals surface area (Å²) in [5.41, 5.74) is 8.39. The van der Waals surface area contributed by atoms with Gasteiger partial charge in [0.15, 0.2) is 0 Å². The summed E-state index contributed by atoms with van der Waals surface area (Å²) < 4.78 is 0. The van der Waals surface area contributed by atoms with Crippen LogP contribution in [0.5, 0.6) is 0 Å². The van der Waals surface area contributed by atoms with E-state index in [-0.39, 0.29) is 0 Å². The molecule has 0 spiro atoms. The molecule has 0 aliphatic carbocycles. The molecule has 2 aromatic carbocycles. The lowest BCUT2D eigenvalue weighted by molar-refractivity contribution is 1.42. The van der Waals surface area contributed by atoms with E-state index in [1.807, 2.05) is 42.5 Å². The van der Waals surface area contributed by atoms with E-state index in [1.54, 1.807) is 0 Å². The number of anilines is 3. The predicted octanol–water partition coefficient (Wildman–Crippen LogP) is 3.59. The lowest BCUT2D eigenvalue weighted by Crippen LogP contribution is -1.95. The zero-order valence-corrected chi connectivity index (χ0v) is 10.3. The molecule has 4 heteroatoms. The van der Waals surface area contributed by atoms with Gasteiger partial charge in [-0.2, -0.15) is 0 Å². The normalized spacial score (nSPS) is 10.1. The second-order valence-corrected chi connectivity index (χ2v) is 4.48. The Kier molecular flexibility index (Phi) is 3.31. The topological polar surface area (TPSA) is 38.0 Å². The van der Waals surface area contributed by atoms with E-state index in [9.17, 15) is 0 Å². The monoisotopic (exact) mass is 248 g/mol. The molecule has 0 fully saturated rings. The van der Waals surface area contributed by atoms with Gasteiger partial charge < -0.3 is 11.1 Å². The van der Waals surface area contributed by atoms with E-state index < -0.39 is 0 Å². The summed E-state index contributed by atoms with van der Waals surface area (Å²) in [5.74, 6) is 0. The molecule has 0 bridgehead atoms. The molecule has 2 aromatic rings. The maximum absolute atomic E-state index is 5.86. The zero-order valence-electron chi connectivity index (χ0n) is 8.51. The highest BCUT2D eigenvalue weighted by Gasteiger charge is 2.00. The van der Waals surface area contributed by atoms with Gasteiger partial charge in [0, 0.05) is 15.5 Å². The van der Waals surface area contributed by atoms with Crippen molar-refractivity contribution in [2.75, 3.05) is 11.1 Å². The van der Waals surface area contributed by atoms with Gasteiger partial charge >= 0.3 is 0 Å². The van der Waals surface area contributed by atoms with Crippen molar-refractivity contribution in [1.29, 1.82) is 0 Å². The van der Waals surface area contributed by atoms with E-state index in [0.717, 1.165) is 21.2 Å². The smallest absolute Gasteiger partial charge is 0.0629 e. The number of hydrogen-bond acceptors (Lipinski definition) is 4. The third kappa shape index (κ3) is 2.65. The summed E-state index contributed by atoms with van der Waals surface area (Å²) in [4.78, 5) is 1.81. The fraction of sp³-hybridized carbons (Fsp3) is 0. The summed E-state index contributed by atoms with van der Waals surface area (Å²) in [7, 11) is 0. The zero-order chi connectivity index (χ0) is 11.5. The highest BCUT2D eigenvalue weighted by atomic mass is 32.1. The van der Waals surface area contributed by atoms with Crippen molar-refractivity contribution in [3.05, 3.63) is 42.5 Å². The number of rotatable bonds is 2. The van der Waals surface area contributed by atoms with Crippen LogP contribution >= 0.6 is 25.3 Å². The summed E-state index contributed by atoms with van der Waals surface area (Å²) in [6, 6.07) is 13.3. The van der Waals surface area contributed by atoms with Crippen LogP contribution in [0.3, 0.4) is 0 Å². The van der Waals surface area contributed by atoms with E-state index >= 15 is 0 Å². The Labute approximate surface area is 106 Å². The SMILES string of the molecule is Nc1ccc(S)cc1Nc1ccc(S)cc1. The van der Waals surface area contributed by atoms with Gasteiger partial charge in [-0.15, -0.1) is 25.3 Å². The fourth-order valence-corrected chi connectivity index (χ4v) is 1.71. The van der Waals surface area contributed by atoms with Crippen molar-refractivity contribution in [3.8, 4) is 0 Å². The molecule has 82 valence electrons. The van der Waals surface area contributed by atoms with Gasteiger partial charge in [-0.05, 0) is 42.5 Å². The first-order chi connectivity index (χ1) is 7.65. The van der Waals surface area contributed by atoms with Gasteiger partial charge in [0.1, 0.15) is 0 Å². The second-order valence-electron chi connectivity index (χ2n) is 3.44. The van der Waals surface area contributed by atoms with Crippen LogP contribution in [0.25, 0.3) is 0 Å². The van der Waals surface area contributed by atoms with Crippen LogP contribution in [0.1, 0.15) is 0 Å². The maximum atomic E-state index is 5.86. The molecule has 0 aliphatic heterocycles. The van der Waals surface area contributed by atoms with E-state index in [4.69, 9.17) is 5.73 Å². The molecular weight excluding hydrogens is 236 g/mol. The Morgan fingerprint density at radius 3 is 2.19 bits per heavy atom. The van der Waals surface area contributed by atoms with Crippen molar-refractivity contribution in [3.63, 3.8) is 0 Å². The first-order valence-corrected chi connectivity index (χ1v) is 5.69. The molecule has 3 N–H and O–H groups in total. The fourth-order valence-electron chi connectivity index (χ4n) is 1.35. The number of nitrogen functional groups attached to an aromatic ring is 1. The molecule has 2 rings (SSSR count). The minimum Gasteiger partial charge on any atom is -0.397 e. The Bertz CT molecular complexity index is 495. The molecule has 0 aliphatic rings. The average Bonchev–Trinajstić information content (AvgIpc) is 2.27. The van der Waals surface area contributed by atoms with Crippen LogP contribution in [0.4, 0.5) is 17.1 Å². The molecule has 0 aromatic heterocycles. The summed E-state index contributed by atoms with van der Waals surface area (Å²) in [5, 5.41) is 3.23. The summed E-state index contributed by atoms with van der Waals surface area (Å²) in [6.07, 6.45) is 0. The molecule has 0 radical (unpaired) electrons. The number of nitrogens with two attached hydrogens (primary N) is 1. The largest absolute Gasteiger partial charge is 0.397 e. The molecule has 16 heavy (non-hydrogen) atoms. The maximum Gasteiger partial charge on any atom is 0.0629 e. The van der Waals surface area contributed by atoms with Crippen LogP contribution in [0.2, 0.25) is 0 Å². The molecule has 0 saturated carbocycles. The Balaban J connectivity index is 2.26. The first-order valence-electron chi connectivity index (χ1n) is 4.80. The van der Waals surface area contributed by atoms with Gasteiger partial charge in [-0.25, -0.2) is 0 Å². The first kappa shape index (κ1) is 11.2. The van der Waals surface area contributed by atoms with Gasteiger partial charge in [0.2, 0.25) is 0 Å². The number of nitrogens with one attached hydrogen (secondary N) is 1.